The maximum atomic E-state index is 6.10. The van der Waals surface area contributed by atoms with Crippen LogP contribution >= 0.6 is 11.8 Å². The predicted octanol–water partition coefficient (Wildman–Crippen LogP) is 1.80. The van der Waals surface area contributed by atoms with Gasteiger partial charge in [0.25, 0.3) is 0 Å². The van der Waals surface area contributed by atoms with Crippen LogP contribution in [0.2, 0.25) is 0 Å². The number of hydrogen-bond donors (Lipinski definition) is 1. The van der Waals surface area contributed by atoms with E-state index in [-0.39, 0.29) is 0 Å². The summed E-state index contributed by atoms with van der Waals surface area (Å²) in [6.45, 7) is 8.29. The van der Waals surface area contributed by atoms with Gasteiger partial charge in [0.05, 0.1) is 6.10 Å². The summed E-state index contributed by atoms with van der Waals surface area (Å²) >= 11 is 2.00. The van der Waals surface area contributed by atoms with Crippen molar-refractivity contribution in [1.82, 2.24) is 4.90 Å². The summed E-state index contributed by atoms with van der Waals surface area (Å²) in [5, 5.41) is 0. The Morgan fingerprint density at radius 3 is 2.84 bits per heavy atom. The van der Waals surface area contributed by atoms with Crippen molar-refractivity contribution in [3.8, 4) is 0 Å². The summed E-state index contributed by atoms with van der Waals surface area (Å²) < 4.78 is 5.80. The lowest BCUT2D eigenvalue weighted by atomic mass is 9.90. The molecule has 0 aromatic carbocycles. The molecule has 0 aromatic rings. The van der Waals surface area contributed by atoms with Crippen molar-refractivity contribution in [1.29, 1.82) is 0 Å². The topological polar surface area (TPSA) is 50.8 Å². The van der Waals surface area contributed by atoms with Gasteiger partial charge in [-0.05, 0) is 24.7 Å². The molecule has 5 heteroatoms. The summed E-state index contributed by atoms with van der Waals surface area (Å²) in [4.78, 5) is 6.84. The monoisotopic (exact) mass is 285 g/mol. The zero-order valence-electron chi connectivity index (χ0n) is 12.2. The first kappa shape index (κ1) is 15.0. The summed E-state index contributed by atoms with van der Waals surface area (Å²) in [6.07, 6.45) is 2.65. The molecule has 0 aromatic heterocycles. The van der Waals surface area contributed by atoms with Crippen molar-refractivity contribution < 1.29 is 4.74 Å². The van der Waals surface area contributed by atoms with E-state index in [0.29, 0.717) is 17.9 Å². The molecule has 2 saturated heterocycles. The third-order valence-electron chi connectivity index (χ3n) is 4.01. The van der Waals surface area contributed by atoms with Gasteiger partial charge in [0.15, 0.2) is 5.96 Å². The van der Waals surface area contributed by atoms with E-state index in [4.69, 9.17) is 10.5 Å². The maximum absolute atomic E-state index is 6.10. The Balaban J connectivity index is 1.79. The van der Waals surface area contributed by atoms with E-state index in [1.165, 1.54) is 11.5 Å². The molecule has 0 amide bonds. The van der Waals surface area contributed by atoms with Gasteiger partial charge in [-0.1, -0.05) is 13.8 Å². The Morgan fingerprint density at radius 1 is 1.42 bits per heavy atom. The third kappa shape index (κ3) is 4.56. The molecule has 4 nitrogen and oxygen atoms in total. The summed E-state index contributed by atoms with van der Waals surface area (Å²) in [5.74, 6) is 4.32. The van der Waals surface area contributed by atoms with Gasteiger partial charge in [-0.2, -0.15) is 11.8 Å². The lowest BCUT2D eigenvalue weighted by Gasteiger charge is -2.32. The second-order valence-electron chi connectivity index (χ2n) is 5.84. The molecule has 2 atom stereocenters. The fourth-order valence-corrected chi connectivity index (χ4v) is 3.55. The average Bonchev–Trinajstić information content (AvgIpc) is 2.46. The van der Waals surface area contributed by atoms with E-state index in [1.54, 1.807) is 0 Å². The molecular weight excluding hydrogens is 258 g/mol. The normalized spacial score (nSPS) is 29.8. The van der Waals surface area contributed by atoms with Crippen molar-refractivity contribution in [3.63, 3.8) is 0 Å². The zero-order chi connectivity index (χ0) is 13.7. The fourth-order valence-electron chi connectivity index (χ4n) is 2.65. The quantitative estimate of drug-likeness (QED) is 0.634. The van der Waals surface area contributed by atoms with Gasteiger partial charge < -0.3 is 15.4 Å². The highest BCUT2D eigenvalue weighted by atomic mass is 32.2. The molecule has 2 N–H and O–H groups in total. The van der Waals surface area contributed by atoms with E-state index in [1.807, 2.05) is 11.8 Å². The van der Waals surface area contributed by atoms with Gasteiger partial charge in [-0.15, -0.1) is 0 Å². The molecule has 2 heterocycles. The highest BCUT2D eigenvalue weighted by Gasteiger charge is 2.24. The van der Waals surface area contributed by atoms with E-state index in [2.05, 4.69) is 23.7 Å². The van der Waals surface area contributed by atoms with Crippen molar-refractivity contribution in [2.24, 2.45) is 22.6 Å². The number of thioether (sulfide) groups is 1. The number of ether oxygens (including phenoxy) is 1. The van der Waals surface area contributed by atoms with Crippen LogP contribution in [0.3, 0.4) is 0 Å². The first-order valence-electron chi connectivity index (χ1n) is 7.41. The van der Waals surface area contributed by atoms with Gasteiger partial charge in [-0.3, -0.25) is 4.99 Å². The van der Waals surface area contributed by atoms with Crippen LogP contribution in [0.25, 0.3) is 0 Å². The number of rotatable bonds is 3. The molecule has 2 fully saturated rings. The Labute approximate surface area is 121 Å². The average molecular weight is 285 g/mol. The third-order valence-corrected chi connectivity index (χ3v) is 4.96. The van der Waals surface area contributed by atoms with E-state index < -0.39 is 0 Å². The van der Waals surface area contributed by atoms with Crippen LogP contribution in [0, 0.1) is 11.8 Å². The Bertz CT molecular complexity index is 303. The molecule has 2 rings (SSSR count). The van der Waals surface area contributed by atoms with Crippen molar-refractivity contribution >= 4 is 17.7 Å². The summed E-state index contributed by atoms with van der Waals surface area (Å²) in [7, 11) is 0. The summed E-state index contributed by atoms with van der Waals surface area (Å²) in [6, 6.07) is 0. The van der Waals surface area contributed by atoms with E-state index >= 15 is 0 Å². The predicted molar refractivity (Wildman–Crippen MR) is 82.7 cm³/mol. The highest BCUT2D eigenvalue weighted by Crippen LogP contribution is 2.25. The molecule has 0 radical (unpaired) electrons. The van der Waals surface area contributed by atoms with Crippen LogP contribution in [0.4, 0.5) is 0 Å². The van der Waals surface area contributed by atoms with Crippen LogP contribution in [-0.4, -0.2) is 54.7 Å². The van der Waals surface area contributed by atoms with Gasteiger partial charge in [0, 0.05) is 37.7 Å². The van der Waals surface area contributed by atoms with Crippen LogP contribution in [0.1, 0.15) is 26.7 Å². The molecule has 2 aliphatic rings. The maximum Gasteiger partial charge on any atom is 0.191 e. The smallest absolute Gasteiger partial charge is 0.191 e. The molecule has 2 aliphatic heterocycles. The molecule has 0 spiro atoms. The standard InChI is InChI=1S/C14H27N3OS/c1-11(2)13-9-12(3-6-18-13)10-16-14(15)17-4-7-19-8-5-17/h11-13H,3-10H2,1-2H3,(H2,15,16). The molecular formula is C14H27N3OS. The second kappa shape index (κ2) is 7.39. The second-order valence-corrected chi connectivity index (χ2v) is 7.07. The number of nitrogens with zero attached hydrogens (tertiary/aromatic N) is 2. The number of hydrogen-bond acceptors (Lipinski definition) is 3. The Morgan fingerprint density at radius 2 is 2.16 bits per heavy atom. The minimum absolute atomic E-state index is 0.404. The fraction of sp³-hybridized carbons (Fsp3) is 0.929. The van der Waals surface area contributed by atoms with Crippen molar-refractivity contribution in [3.05, 3.63) is 0 Å². The van der Waals surface area contributed by atoms with E-state index in [9.17, 15) is 0 Å². The molecule has 110 valence electrons. The van der Waals surface area contributed by atoms with Crippen LogP contribution in [-0.2, 0) is 4.74 Å². The van der Waals surface area contributed by atoms with Crippen LogP contribution < -0.4 is 5.73 Å². The van der Waals surface area contributed by atoms with Crippen LogP contribution in [0.15, 0.2) is 4.99 Å². The van der Waals surface area contributed by atoms with Gasteiger partial charge in [0.2, 0.25) is 0 Å². The lowest BCUT2D eigenvalue weighted by Crippen LogP contribution is -2.43. The first-order chi connectivity index (χ1) is 9.16. The van der Waals surface area contributed by atoms with Crippen LogP contribution in [0.5, 0.6) is 0 Å². The highest BCUT2D eigenvalue weighted by molar-refractivity contribution is 7.99. The molecule has 0 bridgehead atoms. The van der Waals surface area contributed by atoms with Gasteiger partial charge >= 0.3 is 0 Å². The number of aliphatic imine (C=N–C) groups is 1. The van der Waals surface area contributed by atoms with Crippen molar-refractivity contribution in [2.75, 3.05) is 37.7 Å². The number of guanidine groups is 1. The number of nitrogens with two attached hydrogens (primary N) is 1. The minimum atomic E-state index is 0.404. The van der Waals surface area contributed by atoms with Gasteiger partial charge in [-0.25, -0.2) is 0 Å². The zero-order valence-corrected chi connectivity index (χ0v) is 13.0. The Hall–Kier alpha value is -0.420. The molecule has 0 aliphatic carbocycles. The molecule has 0 saturated carbocycles. The largest absolute Gasteiger partial charge is 0.378 e. The van der Waals surface area contributed by atoms with Gasteiger partial charge in [0.1, 0.15) is 0 Å². The molecule has 2 unspecified atom stereocenters. The van der Waals surface area contributed by atoms with Crippen molar-refractivity contribution in [2.45, 2.75) is 32.8 Å². The lowest BCUT2D eigenvalue weighted by molar-refractivity contribution is -0.0321. The molecule has 19 heavy (non-hydrogen) atoms. The summed E-state index contributed by atoms with van der Waals surface area (Å²) in [5.41, 5.74) is 6.10. The van der Waals surface area contributed by atoms with E-state index in [0.717, 1.165) is 45.0 Å². The Kier molecular flexibility index (Phi) is 5.82. The first-order valence-corrected chi connectivity index (χ1v) is 8.56. The minimum Gasteiger partial charge on any atom is -0.378 e. The SMILES string of the molecule is CC(C)C1CC(CN=C(N)N2CCSCC2)CCO1.